The predicted octanol–water partition coefficient (Wildman–Crippen LogP) is 4.96. The van der Waals surface area contributed by atoms with Crippen LogP contribution in [0.25, 0.3) is 11.2 Å². The molecule has 0 amide bonds. The third-order valence-electron chi connectivity index (χ3n) is 7.76. The first-order chi connectivity index (χ1) is 16.9. The van der Waals surface area contributed by atoms with Crippen molar-refractivity contribution < 1.29 is 8.42 Å². The average molecular weight is 493 g/mol. The number of imidazole rings is 1. The fourth-order valence-electron chi connectivity index (χ4n) is 5.29. The van der Waals surface area contributed by atoms with E-state index >= 15 is 0 Å². The molecule has 9 heteroatoms. The van der Waals surface area contributed by atoms with Crippen LogP contribution in [-0.4, -0.2) is 34.0 Å². The monoisotopic (exact) mass is 492 g/mol. The largest absolute Gasteiger partial charge is 0.365 e. The number of hydrogen-bond acceptors (Lipinski definition) is 7. The zero-order chi connectivity index (χ0) is 24.6. The molecule has 2 fully saturated rings. The summed E-state index contributed by atoms with van der Waals surface area (Å²) < 4.78 is 29.3. The van der Waals surface area contributed by atoms with Gasteiger partial charge >= 0.3 is 0 Å². The molecule has 2 aliphatic carbocycles. The summed E-state index contributed by atoms with van der Waals surface area (Å²) in [6.45, 7) is 4.93. The normalized spacial score (nSPS) is 21.9. The fourth-order valence-corrected chi connectivity index (χ4v) is 6.68. The lowest BCUT2D eigenvalue weighted by Crippen LogP contribution is -2.31. The van der Waals surface area contributed by atoms with E-state index in [4.69, 9.17) is 0 Å². The van der Waals surface area contributed by atoms with Crippen molar-refractivity contribution in [3.8, 4) is 6.07 Å². The Morgan fingerprint density at radius 2 is 1.80 bits per heavy atom. The van der Waals surface area contributed by atoms with Gasteiger partial charge in [0.1, 0.15) is 11.6 Å². The van der Waals surface area contributed by atoms with Gasteiger partial charge in [-0.05, 0) is 62.5 Å². The molecule has 2 heterocycles. The van der Waals surface area contributed by atoms with Crippen LogP contribution in [0, 0.1) is 29.1 Å². The highest BCUT2D eigenvalue weighted by Crippen LogP contribution is 2.35. The fraction of sp³-hybridized carbons (Fsp3) is 0.538. The Morgan fingerprint density at radius 3 is 2.43 bits per heavy atom. The van der Waals surface area contributed by atoms with Gasteiger partial charge in [0.25, 0.3) is 0 Å². The van der Waals surface area contributed by atoms with Gasteiger partial charge in [-0.25, -0.2) is 8.42 Å². The average Bonchev–Trinajstić information content (AvgIpc) is 3.19. The Hall–Kier alpha value is -2.99. The highest BCUT2D eigenvalue weighted by Gasteiger charge is 2.32. The lowest BCUT2D eigenvalue weighted by atomic mass is 9.80. The zero-order valence-electron chi connectivity index (χ0n) is 20.3. The molecule has 3 aromatic rings. The van der Waals surface area contributed by atoms with Crippen molar-refractivity contribution in [1.29, 1.82) is 5.26 Å². The van der Waals surface area contributed by atoms with Gasteiger partial charge < -0.3 is 9.88 Å². The Bertz CT molecular complexity index is 1350. The van der Waals surface area contributed by atoms with Crippen molar-refractivity contribution in [3.05, 3.63) is 36.2 Å². The molecule has 0 spiro atoms. The molecule has 0 saturated heterocycles. The van der Waals surface area contributed by atoms with Crippen molar-refractivity contribution in [2.24, 2.45) is 17.8 Å². The molecule has 2 saturated carbocycles. The minimum Gasteiger partial charge on any atom is -0.365 e. The van der Waals surface area contributed by atoms with Crippen molar-refractivity contribution in [2.75, 3.05) is 5.32 Å². The van der Waals surface area contributed by atoms with E-state index in [1.807, 2.05) is 6.07 Å². The molecular weight excluding hydrogens is 460 g/mol. The second-order valence-corrected chi connectivity index (χ2v) is 12.1. The van der Waals surface area contributed by atoms with E-state index in [0.717, 1.165) is 38.5 Å². The van der Waals surface area contributed by atoms with E-state index in [2.05, 4.69) is 34.1 Å². The molecule has 1 aromatic carbocycles. The highest BCUT2D eigenvalue weighted by atomic mass is 32.2. The Balaban J connectivity index is 1.66. The molecule has 1 atom stereocenters. The van der Waals surface area contributed by atoms with Crippen molar-refractivity contribution in [3.63, 3.8) is 0 Å². The van der Waals surface area contributed by atoms with Crippen LogP contribution >= 0.6 is 0 Å². The summed E-state index contributed by atoms with van der Waals surface area (Å²) in [5.74, 6) is 2.06. The van der Waals surface area contributed by atoms with Crippen molar-refractivity contribution in [1.82, 2.24) is 19.5 Å². The van der Waals surface area contributed by atoms with Crippen LogP contribution in [-0.2, 0) is 16.4 Å². The third kappa shape index (κ3) is 4.64. The molecule has 5 rings (SSSR count). The minimum atomic E-state index is -3.89. The van der Waals surface area contributed by atoms with Gasteiger partial charge in [0.05, 0.1) is 4.90 Å². The van der Waals surface area contributed by atoms with Gasteiger partial charge in [0.15, 0.2) is 11.5 Å². The van der Waals surface area contributed by atoms with E-state index in [0.29, 0.717) is 35.6 Å². The van der Waals surface area contributed by atoms with E-state index in [1.54, 1.807) is 34.9 Å². The molecule has 0 bridgehead atoms. The summed E-state index contributed by atoms with van der Waals surface area (Å²) in [7, 11) is -3.89. The van der Waals surface area contributed by atoms with Crippen LogP contribution in [0.2, 0.25) is 0 Å². The van der Waals surface area contributed by atoms with Crippen LogP contribution in [0.15, 0.2) is 40.4 Å². The predicted molar refractivity (Wildman–Crippen MR) is 133 cm³/mol. The maximum absolute atomic E-state index is 13.8. The highest BCUT2D eigenvalue weighted by molar-refractivity contribution is 7.91. The number of nitrogens with one attached hydrogen (secondary N) is 1. The van der Waals surface area contributed by atoms with Gasteiger partial charge in [0, 0.05) is 12.6 Å². The Labute approximate surface area is 206 Å². The van der Waals surface area contributed by atoms with Gasteiger partial charge in [-0.15, -0.1) is 0 Å². The summed E-state index contributed by atoms with van der Waals surface area (Å²) >= 11 is 0. The Morgan fingerprint density at radius 1 is 1.09 bits per heavy atom. The summed E-state index contributed by atoms with van der Waals surface area (Å²) in [5, 5.41) is 13.0. The SMILES string of the molecule is C[C@@H](Nc1nc(C#N)nc2nc(S(=O)(=O)c3ccccc3)n(C[C@H]3CC[C@H](C)CC3)c12)C1CCC1. The van der Waals surface area contributed by atoms with E-state index < -0.39 is 9.84 Å². The first kappa shape index (κ1) is 23.7. The Kier molecular flexibility index (Phi) is 6.49. The third-order valence-corrected chi connectivity index (χ3v) is 9.44. The number of benzene rings is 1. The molecule has 1 N–H and O–H groups in total. The second kappa shape index (κ2) is 9.57. The van der Waals surface area contributed by atoms with Crippen LogP contribution in [0.4, 0.5) is 5.82 Å². The first-order valence-corrected chi connectivity index (χ1v) is 14.1. The molecule has 2 aliphatic rings. The maximum Gasteiger partial charge on any atom is 0.240 e. The molecular formula is C26H32N6O2S. The van der Waals surface area contributed by atoms with Crippen molar-refractivity contribution in [2.45, 2.75) is 81.4 Å². The maximum atomic E-state index is 13.8. The van der Waals surface area contributed by atoms with Crippen LogP contribution in [0.3, 0.4) is 0 Å². The number of sulfone groups is 1. The molecule has 184 valence electrons. The van der Waals surface area contributed by atoms with E-state index in [1.165, 1.54) is 6.42 Å². The van der Waals surface area contributed by atoms with Crippen LogP contribution < -0.4 is 5.32 Å². The van der Waals surface area contributed by atoms with Crippen molar-refractivity contribution >= 4 is 26.8 Å². The number of rotatable bonds is 7. The van der Waals surface area contributed by atoms with Gasteiger partial charge in [-0.3, -0.25) is 0 Å². The molecule has 2 aromatic heterocycles. The standard InChI is InChI=1S/C26H32N6O2S/c1-17-11-13-19(14-12-17)16-32-23-24(28-18(2)20-7-6-8-20)29-22(15-27)30-25(23)31-26(32)35(33,34)21-9-4-3-5-10-21/h3-5,9-10,17-20H,6-8,11-14,16H2,1-2H3,(H,28,29,30)/t17-,18-,19-/m1/s1. The van der Waals surface area contributed by atoms with Gasteiger partial charge in [0.2, 0.25) is 20.8 Å². The van der Waals surface area contributed by atoms with E-state index in [9.17, 15) is 13.7 Å². The number of aromatic nitrogens is 4. The number of anilines is 1. The summed E-state index contributed by atoms with van der Waals surface area (Å²) in [5.41, 5.74) is 0.821. The summed E-state index contributed by atoms with van der Waals surface area (Å²) in [6.07, 6.45) is 7.89. The van der Waals surface area contributed by atoms with E-state index in [-0.39, 0.29) is 27.6 Å². The molecule has 35 heavy (non-hydrogen) atoms. The first-order valence-electron chi connectivity index (χ1n) is 12.6. The van der Waals surface area contributed by atoms with Crippen LogP contribution in [0.1, 0.15) is 64.6 Å². The van der Waals surface area contributed by atoms with Crippen LogP contribution in [0.5, 0.6) is 0 Å². The molecule has 0 radical (unpaired) electrons. The second-order valence-electron chi connectivity index (χ2n) is 10.3. The topological polar surface area (TPSA) is 114 Å². The zero-order valence-corrected chi connectivity index (χ0v) is 21.1. The lowest BCUT2D eigenvalue weighted by molar-refractivity contribution is 0.261. The van der Waals surface area contributed by atoms with Gasteiger partial charge in [-0.1, -0.05) is 44.4 Å². The van der Waals surface area contributed by atoms with Gasteiger partial charge in [-0.2, -0.15) is 20.2 Å². The quantitative estimate of drug-likeness (QED) is 0.496. The summed E-state index contributed by atoms with van der Waals surface area (Å²) in [6, 6.07) is 10.6. The molecule has 0 aliphatic heterocycles. The lowest BCUT2D eigenvalue weighted by Gasteiger charge is -2.32. The number of nitriles is 1. The molecule has 8 nitrogen and oxygen atoms in total. The summed E-state index contributed by atoms with van der Waals surface area (Å²) in [4.78, 5) is 13.5. The smallest absolute Gasteiger partial charge is 0.240 e. The minimum absolute atomic E-state index is 0.0133. The number of hydrogen-bond donors (Lipinski definition) is 1. The number of fused-ring (bicyclic) bond motifs is 1. The number of nitrogens with zero attached hydrogens (tertiary/aromatic N) is 5. The molecule has 0 unspecified atom stereocenters.